The predicted octanol–water partition coefficient (Wildman–Crippen LogP) is 3.82. The molecular weight excluding hydrogens is 242 g/mol. The van der Waals surface area contributed by atoms with Gasteiger partial charge in [0.25, 0.3) is 0 Å². The first-order valence-corrected chi connectivity index (χ1v) is 6.76. The largest absolute Gasteiger partial charge is 0.298 e. The molecule has 1 aliphatic rings. The molecule has 0 N–H and O–H groups in total. The number of ketones is 1. The molecule has 1 saturated carbocycles. The van der Waals surface area contributed by atoms with Crippen molar-refractivity contribution in [2.45, 2.75) is 30.6 Å². The fourth-order valence-electron chi connectivity index (χ4n) is 2.11. The predicted molar refractivity (Wildman–Crippen MR) is 64.0 cm³/mol. The topological polar surface area (TPSA) is 17.1 Å². The third-order valence-electron chi connectivity index (χ3n) is 3.07. The molecule has 92 valence electrons. The van der Waals surface area contributed by atoms with Crippen LogP contribution in [0, 0.1) is 17.6 Å². The highest BCUT2D eigenvalue weighted by molar-refractivity contribution is 8.00. The van der Waals surface area contributed by atoms with Crippen molar-refractivity contribution in [2.75, 3.05) is 5.75 Å². The fourth-order valence-corrected chi connectivity index (χ4v) is 3.00. The van der Waals surface area contributed by atoms with Gasteiger partial charge in [-0.3, -0.25) is 4.79 Å². The summed E-state index contributed by atoms with van der Waals surface area (Å²) in [5.74, 6) is -0.543. The van der Waals surface area contributed by atoms with Crippen LogP contribution in [0.1, 0.15) is 25.7 Å². The van der Waals surface area contributed by atoms with E-state index in [1.54, 1.807) is 0 Å². The Balaban J connectivity index is 1.90. The molecule has 0 aliphatic heterocycles. The number of carbonyl (C=O) groups excluding carboxylic acids is 1. The van der Waals surface area contributed by atoms with Crippen molar-refractivity contribution in [3.8, 4) is 0 Å². The zero-order valence-electron chi connectivity index (χ0n) is 9.42. The van der Waals surface area contributed by atoms with Crippen LogP contribution in [-0.2, 0) is 4.79 Å². The number of benzene rings is 1. The van der Waals surface area contributed by atoms with Crippen LogP contribution in [0.5, 0.6) is 0 Å². The molecule has 1 aliphatic carbocycles. The van der Waals surface area contributed by atoms with Gasteiger partial charge in [0.1, 0.15) is 17.4 Å². The second-order valence-corrected chi connectivity index (χ2v) is 5.33. The second-order valence-electron chi connectivity index (χ2n) is 4.31. The number of hydrogen-bond donors (Lipinski definition) is 0. The van der Waals surface area contributed by atoms with Crippen molar-refractivity contribution in [2.24, 2.45) is 5.92 Å². The Morgan fingerprint density at radius 1 is 1.29 bits per heavy atom. The Morgan fingerprint density at radius 3 is 2.65 bits per heavy atom. The van der Waals surface area contributed by atoms with Crippen molar-refractivity contribution in [3.63, 3.8) is 0 Å². The fraction of sp³-hybridized carbons (Fsp3) is 0.462. The minimum absolute atomic E-state index is 0.158. The highest BCUT2D eigenvalue weighted by atomic mass is 32.2. The van der Waals surface area contributed by atoms with Crippen LogP contribution in [0.25, 0.3) is 0 Å². The minimum Gasteiger partial charge on any atom is -0.298 e. The van der Waals surface area contributed by atoms with E-state index in [0.29, 0.717) is 4.90 Å². The standard InChI is InChI=1S/C13H14F2OS/c14-10-5-6-13(11(15)7-10)17-8-12(16)9-3-1-2-4-9/h5-7,9H,1-4,8H2. The number of carbonyl (C=O) groups is 1. The minimum atomic E-state index is -0.589. The molecule has 4 heteroatoms. The van der Waals surface area contributed by atoms with Gasteiger partial charge in [0.05, 0.1) is 5.75 Å². The van der Waals surface area contributed by atoms with E-state index in [0.717, 1.165) is 43.5 Å². The first-order valence-electron chi connectivity index (χ1n) is 5.77. The SMILES string of the molecule is O=C(CSc1ccc(F)cc1F)C1CCCC1. The molecular formula is C13H14F2OS. The summed E-state index contributed by atoms with van der Waals surface area (Å²) in [5.41, 5.74) is 0. The summed E-state index contributed by atoms with van der Waals surface area (Å²) >= 11 is 1.16. The van der Waals surface area contributed by atoms with Crippen LogP contribution in [0.3, 0.4) is 0 Å². The van der Waals surface area contributed by atoms with Crippen LogP contribution in [0.15, 0.2) is 23.1 Å². The quantitative estimate of drug-likeness (QED) is 0.762. The summed E-state index contributed by atoms with van der Waals surface area (Å²) in [6, 6.07) is 3.45. The van der Waals surface area contributed by atoms with Gasteiger partial charge in [-0.1, -0.05) is 12.8 Å². The average molecular weight is 256 g/mol. The molecule has 1 aromatic carbocycles. The van der Waals surface area contributed by atoms with Gasteiger partial charge in [-0.25, -0.2) is 8.78 Å². The van der Waals surface area contributed by atoms with Gasteiger partial charge >= 0.3 is 0 Å². The van der Waals surface area contributed by atoms with Crippen LogP contribution in [0.4, 0.5) is 8.78 Å². The molecule has 1 nitrogen and oxygen atoms in total. The number of thioether (sulfide) groups is 1. The number of hydrogen-bond acceptors (Lipinski definition) is 2. The van der Waals surface area contributed by atoms with Gasteiger partial charge < -0.3 is 0 Å². The van der Waals surface area contributed by atoms with Crippen molar-refractivity contribution < 1.29 is 13.6 Å². The van der Waals surface area contributed by atoms with Crippen molar-refractivity contribution in [1.82, 2.24) is 0 Å². The zero-order chi connectivity index (χ0) is 12.3. The van der Waals surface area contributed by atoms with Gasteiger partial charge in [-0.15, -0.1) is 11.8 Å². The highest BCUT2D eigenvalue weighted by Gasteiger charge is 2.22. The van der Waals surface area contributed by atoms with Crippen molar-refractivity contribution in [3.05, 3.63) is 29.8 Å². The van der Waals surface area contributed by atoms with Gasteiger partial charge in [0.15, 0.2) is 0 Å². The summed E-state index contributed by atoms with van der Waals surface area (Å²) in [7, 11) is 0. The molecule has 0 saturated heterocycles. The van der Waals surface area contributed by atoms with E-state index in [4.69, 9.17) is 0 Å². The van der Waals surface area contributed by atoms with Crippen LogP contribution >= 0.6 is 11.8 Å². The van der Waals surface area contributed by atoms with E-state index >= 15 is 0 Å². The first kappa shape index (κ1) is 12.6. The molecule has 1 aromatic rings. The lowest BCUT2D eigenvalue weighted by Crippen LogP contribution is -2.13. The van der Waals surface area contributed by atoms with E-state index in [1.165, 1.54) is 12.1 Å². The number of rotatable bonds is 4. The molecule has 1 fully saturated rings. The summed E-state index contributed by atoms with van der Waals surface area (Å²) in [4.78, 5) is 12.1. The number of halogens is 2. The van der Waals surface area contributed by atoms with Gasteiger partial charge in [0, 0.05) is 16.9 Å². The van der Waals surface area contributed by atoms with Crippen LogP contribution in [0.2, 0.25) is 0 Å². The maximum atomic E-state index is 13.3. The van der Waals surface area contributed by atoms with E-state index in [2.05, 4.69) is 0 Å². The molecule has 2 rings (SSSR count). The van der Waals surface area contributed by atoms with Crippen LogP contribution < -0.4 is 0 Å². The molecule has 0 atom stereocenters. The average Bonchev–Trinajstić information content (AvgIpc) is 2.81. The van der Waals surface area contributed by atoms with Gasteiger partial charge in [-0.2, -0.15) is 0 Å². The maximum absolute atomic E-state index is 13.3. The molecule has 0 unspecified atom stereocenters. The lowest BCUT2D eigenvalue weighted by Gasteiger charge is -2.07. The molecule has 0 heterocycles. The lowest BCUT2D eigenvalue weighted by atomic mass is 10.0. The third-order valence-corrected chi connectivity index (χ3v) is 4.15. The Morgan fingerprint density at radius 2 is 2.00 bits per heavy atom. The Bertz CT molecular complexity index is 414. The first-order chi connectivity index (χ1) is 8.16. The Kier molecular flexibility index (Phi) is 4.15. The highest BCUT2D eigenvalue weighted by Crippen LogP contribution is 2.29. The zero-order valence-corrected chi connectivity index (χ0v) is 10.2. The van der Waals surface area contributed by atoms with E-state index in [9.17, 15) is 13.6 Å². The summed E-state index contributed by atoms with van der Waals surface area (Å²) in [6.07, 6.45) is 4.16. The smallest absolute Gasteiger partial charge is 0.146 e. The Labute approximate surface area is 104 Å². The third kappa shape index (κ3) is 3.28. The summed E-state index contributed by atoms with van der Waals surface area (Å²) in [5, 5.41) is 0. The summed E-state index contributed by atoms with van der Waals surface area (Å²) in [6.45, 7) is 0. The molecule has 0 radical (unpaired) electrons. The second kappa shape index (κ2) is 5.63. The van der Waals surface area contributed by atoms with Crippen LogP contribution in [-0.4, -0.2) is 11.5 Å². The molecule has 0 aromatic heterocycles. The molecule has 0 bridgehead atoms. The number of Topliss-reactive ketones (excluding diaryl/α,β-unsaturated/α-hetero) is 1. The van der Waals surface area contributed by atoms with Crippen molar-refractivity contribution in [1.29, 1.82) is 0 Å². The van der Waals surface area contributed by atoms with Crippen molar-refractivity contribution >= 4 is 17.5 Å². The van der Waals surface area contributed by atoms with E-state index in [-0.39, 0.29) is 17.5 Å². The van der Waals surface area contributed by atoms with E-state index < -0.39 is 11.6 Å². The lowest BCUT2D eigenvalue weighted by molar-refractivity contribution is -0.120. The molecule has 17 heavy (non-hydrogen) atoms. The van der Waals surface area contributed by atoms with Gasteiger partial charge in [-0.05, 0) is 25.0 Å². The molecule has 0 amide bonds. The monoisotopic (exact) mass is 256 g/mol. The normalized spacial score (nSPS) is 16.4. The van der Waals surface area contributed by atoms with E-state index in [1.807, 2.05) is 0 Å². The maximum Gasteiger partial charge on any atom is 0.146 e. The summed E-state index contributed by atoms with van der Waals surface area (Å²) < 4.78 is 26.0. The van der Waals surface area contributed by atoms with Gasteiger partial charge in [0.2, 0.25) is 0 Å². The Hall–Kier alpha value is -0.900. The molecule has 0 spiro atoms.